The fraction of sp³-hybridized carbons (Fsp3) is 0.889. The fourth-order valence-corrected chi connectivity index (χ4v) is 1.44. The van der Waals surface area contributed by atoms with E-state index < -0.39 is 0 Å². The van der Waals surface area contributed by atoms with Gasteiger partial charge in [0.05, 0.1) is 12.6 Å². The lowest BCUT2D eigenvalue weighted by Crippen LogP contribution is -2.42. The van der Waals surface area contributed by atoms with E-state index in [9.17, 15) is 4.79 Å². The van der Waals surface area contributed by atoms with Crippen LogP contribution in [0.3, 0.4) is 0 Å². The Morgan fingerprint density at radius 2 is 2.23 bits per heavy atom. The van der Waals surface area contributed by atoms with Gasteiger partial charge in [0.2, 0.25) is 0 Å². The van der Waals surface area contributed by atoms with Gasteiger partial charge in [-0.3, -0.25) is 0 Å². The minimum Gasteiger partial charge on any atom is -0.379 e. The molecule has 0 aromatic carbocycles. The van der Waals surface area contributed by atoms with Crippen molar-refractivity contribution in [2.75, 3.05) is 19.8 Å². The van der Waals surface area contributed by atoms with Crippen LogP contribution in [0.4, 0.5) is 4.79 Å². The second-order valence-electron chi connectivity index (χ2n) is 3.86. The third-order valence-electron chi connectivity index (χ3n) is 2.51. The molecule has 0 aromatic heterocycles. The normalized spacial score (nSPS) is 27.2. The maximum Gasteiger partial charge on any atom is 0.315 e. The molecular formula is C9H16N2O2. The van der Waals surface area contributed by atoms with Crippen LogP contribution in [-0.4, -0.2) is 31.8 Å². The predicted molar refractivity (Wildman–Crippen MR) is 48.5 cm³/mol. The molecule has 1 heterocycles. The Kier molecular flexibility index (Phi) is 2.68. The van der Waals surface area contributed by atoms with Gasteiger partial charge in [0.15, 0.2) is 0 Å². The van der Waals surface area contributed by atoms with Crippen molar-refractivity contribution in [3.8, 4) is 0 Å². The molecule has 1 saturated carbocycles. The zero-order valence-corrected chi connectivity index (χ0v) is 7.71. The van der Waals surface area contributed by atoms with Crippen LogP contribution in [0.2, 0.25) is 0 Å². The number of rotatable bonds is 3. The first-order valence-electron chi connectivity index (χ1n) is 4.96. The summed E-state index contributed by atoms with van der Waals surface area (Å²) in [6.07, 6.45) is 3.48. The van der Waals surface area contributed by atoms with Gasteiger partial charge in [0.25, 0.3) is 0 Å². The van der Waals surface area contributed by atoms with E-state index in [0.717, 1.165) is 25.5 Å². The van der Waals surface area contributed by atoms with Gasteiger partial charge in [-0.2, -0.15) is 0 Å². The van der Waals surface area contributed by atoms with Gasteiger partial charge < -0.3 is 15.4 Å². The summed E-state index contributed by atoms with van der Waals surface area (Å²) >= 11 is 0. The third kappa shape index (κ3) is 2.88. The summed E-state index contributed by atoms with van der Waals surface area (Å²) in [6.45, 7) is 2.27. The zero-order chi connectivity index (χ0) is 9.10. The van der Waals surface area contributed by atoms with E-state index in [0.29, 0.717) is 6.61 Å². The summed E-state index contributed by atoms with van der Waals surface area (Å²) in [4.78, 5) is 11.3. The lowest BCUT2D eigenvalue weighted by molar-refractivity contribution is 0.188. The maximum absolute atomic E-state index is 11.3. The summed E-state index contributed by atoms with van der Waals surface area (Å²) in [7, 11) is 0. The standard InChI is InChI=1S/C9H16N2O2/c12-9(10-5-7-1-2-7)11-8-3-4-13-6-8/h7-8H,1-6H2,(H2,10,11,12). The predicted octanol–water partition coefficient (Wildman–Crippen LogP) is 0.484. The highest BCUT2D eigenvalue weighted by Gasteiger charge is 2.22. The molecule has 0 bridgehead atoms. The number of carbonyl (C=O) groups excluding carboxylic acids is 1. The molecule has 0 aromatic rings. The van der Waals surface area contributed by atoms with Crippen molar-refractivity contribution in [3.63, 3.8) is 0 Å². The highest BCUT2D eigenvalue weighted by molar-refractivity contribution is 5.74. The molecule has 2 amide bonds. The van der Waals surface area contributed by atoms with E-state index in [1.807, 2.05) is 0 Å². The van der Waals surface area contributed by atoms with Crippen LogP contribution >= 0.6 is 0 Å². The first-order chi connectivity index (χ1) is 6.34. The molecule has 74 valence electrons. The SMILES string of the molecule is O=C(NCC1CC1)NC1CCOC1. The van der Waals surface area contributed by atoms with E-state index in [4.69, 9.17) is 4.74 Å². The van der Waals surface area contributed by atoms with Crippen LogP contribution in [0.25, 0.3) is 0 Å². The van der Waals surface area contributed by atoms with Crippen molar-refractivity contribution in [1.82, 2.24) is 10.6 Å². The van der Waals surface area contributed by atoms with Crippen LogP contribution in [0, 0.1) is 5.92 Å². The lowest BCUT2D eigenvalue weighted by atomic mass is 10.3. The number of hydrogen-bond acceptors (Lipinski definition) is 2. The van der Waals surface area contributed by atoms with Crippen LogP contribution < -0.4 is 10.6 Å². The molecule has 2 N–H and O–H groups in total. The average Bonchev–Trinajstić information content (AvgIpc) is 2.82. The molecule has 2 fully saturated rings. The lowest BCUT2D eigenvalue weighted by Gasteiger charge is -2.11. The van der Waals surface area contributed by atoms with Gasteiger partial charge in [0.1, 0.15) is 0 Å². The van der Waals surface area contributed by atoms with Crippen molar-refractivity contribution >= 4 is 6.03 Å². The number of carbonyl (C=O) groups is 1. The Morgan fingerprint density at radius 3 is 2.85 bits per heavy atom. The molecule has 1 unspecified atom stereocenters. The van der Waals surface area contributed by atoms with Gasteiger partial charge in [-0.15, -0.1) is 0 Å². The molecule has 1 aliphatic heterocycles. The van der Waals surface area contributed by atoms with E-state index in [-0.39, 0.29) is 12.1 Å². The van der Waals surface area contributed by atoms with E-state index in [2.05, 4.69) is 10.6 Å². The summed E-state index contributed by atoms with van der Waals surface area (Å²) in [5, 5.41) is 5.75. The Hall–Kier alpha value is -0.770. The van der Waals surface area contributed by atoms with E-state index >= 15 is 0 Å². The van der Waals surface area contributed by atoms with Gasteiger partial charge >= 0.3 is 6.03 Å². The van der Waals surface area contributed by atoms with Crippen molar-refractivity contribution in [2.24, 2.45) is 5.92 Å². The van der Waals surface area contributed by atoms with Crippen molar-refractivity contribution in [1.29, 1.82) is 0 Å². The second-order valence-corrected chi connectivity index (χ2v) is 3.86. The summed E-state index contributed by atoms with van der Waals surface area (Å²) in [5.41, 5.74) is 0. The highest BCUT2D eigenvalue weighted by Crippen LogP contribution is 2.27. The number of amides is 2. The Labute approximate surface area is 78.0 Å². The number of nitrogens with one attached hydrogen (secondary N) is 2. The van der Waals surface area contributed by atoms with E-state index in [1.54, 1.807) is 0 Å². The quantitative estimate of drug-likeness (QED) is 0.670. The zero-order valence-electron chi connectivity index (χ0n) is 7.71. The number of hydrogen-bond donors (Lipinski definition) is 2. The largest absolute Gasteiger partial charge is 0.379 e. The topological polar surface area (TPSA) is 50.4 Å². The second kappa shape index (κ2) is 3.96. The molecule has 0 radical (unpaired) electrons. The summed E-state index contributed by atoms with van der Waals surface area (Å²) in [6, 6.07) is 0.182. The minimum atomic E-state index is -0.0394. The van der Waals surface area contributed by atoms with Gasteiger partial charge in [-0.05, 0) is 25.2 Å². The number of urea groups is 1. The van der Waals surface area contributed by atoms with Crippen LogP contribution in [0.5, 0.6) is 0 Å². The molecule has 2 aliphatic rings. The molecule has 0 spiro atoms. The van der Waals surface area contributed by atoms with Crippen molar-refractivity contribution in [3.05, 3.63) is 0 Å². The first kappa shape index (κ1) is 8.81. The van der Waals surface area contributed by atoms with E-state index in [1.165, 1.54) is 12.8 Å². The monoisotopic (exact) mass is 184 g/mol. The van der Waals surface area contributed by atoms with Gasteiger partial charge in [-0.1, -0.05) is 0 Å². The van der Waals surface area contributed by atoms with Crippen LogP contribution in [0.1, 0.15) is 19.3 Å². The van der Waals surface area contributed by atoms with Crippen LogP contribution in [0.15, 0.2) is 0 Å². The Bertz CT molecular complexity index is 186. The number of ether oxygens (including phenoxy) is 1. The third-order valence-corrected chi connectivity index (χ3v) is 2.51. The summed E-state index contributed by atoms with van der Waals surface area (Å²) in [5.74, 6) is 0.741. The minimum absolute atomic E-state index is 0.0394. The smallest absolute Gasteiger partial charge is 0.315 e. The van der Waals surface area contributed by atoms with Crippen molar-refractivity contribution < 1.29 is 9.53 Å². The molecule has 1 atom stereocenters. The van der Waals surface area contributed by atoms with Gasteiger partial charge in [0, 0.05) is 13.2 Å². The summed E-state index contributed by atoms with van der Waals surface area (Å²) < 4.78 is 5.15. The molecule has 13 heavy (non-hydrogen) atoms. The molecule has 2 rings (SSSR count). The highest BCUT2D eigenvalue weighted by atomic mass is 16.5. The average molecular weight is 184 g/mol. The maximum atomic E-state index is 11.3. The molecular weight excluding hydrogens is 168 g/mol. The Balaban J connectivity index is 1.59. The Morgan fingerprint density at radius 1 is 1.38 bits per heavy atom. The van der Waals surface area contributed by atoms with Crippen molar-refractivity contribution in [2.45, 2.75) is 25.3 Å². The van der Waals surface area contributed by atoms with Gasteiger partial charge in [-0.25, -0.2) is 4.79 Å². The molecule has 1 aliphatic carbocycles. The molecule has 1 saturated heterocycles. The van der Waals surface area contributed by atoms with Crippen LogP contribution in [-0.2, 0) is 4.74 Å². The molecule has 4 heteroatoms. The molecule has 4 nitrogen and oxygen atoms in total. The first-order valence-corrected chi connectivity index (χ1v) is 4.96. The fourth-order valence-electron chi connectivity index (χ4n) is 1.44.